The molecule has 4 rings (SSSR count). The summed E-state index contributed by atoms with van der Waals surface area (Å²) >= 11 is 0. The molecule has 0 heterocycles. The van der Waals surface area contributed by atoms with Crippen LogP contribution in [0.2, 0.25) is 0 Å². The SMILES string of the molecule is O=C(Nc1ccccc1)NC(COC(=O)CC(=O)C1CCCCC1)(COC(=O)CC(=O)C1CCCCC1)COC(=O)CC(=O)C1CCCCC1. The van der Waals surface area contributed by atoms with E-state index in [1.807, 2.05) is 0 Å². The molecule has 12 nitrogen and oxygen atoms in total. The number of benzene rings is 1. The van der Waals surface area contributed by atoms with Crippen molar-refractivity contribution in [2.75, 3.05) is 25.1 Å². The lowest BCUT2D eigenvalue weighted by Crippen LogP contribution is -2.60. The Bertz CT molecular complexity index is 1210. The Labute approximate surface area is 294 Å². The predicted molar refractivity (Wildman–Crippen MR) is 183 cm³/mol. The fraction of sp³-hybridized carbons (Fsp3) is 0.658. The third-order valence-corrected chi connectivity index (χ3v) is 10.1. The van der Waals surface area contributed by atoms with Crippen LogP contribution in [-0.2, 0) is 43.0 Å². The zero-order valence-corrected chi connectivity index (χ0v) is 29.1. The van der Waals surface area contributed by atoms with Gasteiger partial charge in [-0.1, -0.05) is 76.0 Å². The van der Waals surface area contributed by atoms with Gasteiger partial charge in [-0.05, 0) is 50.7 Å². The van der Waals surface area contributed by atoms with Gasteiger partial charge in [-0.3, -0.25) is 28.8 Å². The van der Waals surface area contributed by atoms with Gasteiger partial charge in [-0.25, -0.2) is 4.79 Å². The van der Waals surface area contributed by atoms with E-state index in [1.165, 1.54) is 0 Å². The van der Waals surface area contributed by atoms with Crippen LogP contribution in [-0.4, -0.2) is 66.6 Å². The number of Topliss-reactive ketones (excluding diaryl/α,β-unsaturated/α-hetero) is 3. The highest BCUT2D eigenvalue weighted by Gasteiger charge is 2.39. The largest absolute Gasteiger partial charge is 0.463 e. The molecule has 0 bridgehead atoms. The summed E-state index contributed by atoms with van der Waals surface area (Å²) in [4.78, 5) is 90.7. The van der Waals surface area contributed by atoms with Crippen LogP contribution in [0.15, 0.2) is 30.3 Å². The van der Waals surface area contributed by atoms with Gasteiger partial charge in [-0.2, -0.15) is 0 Å². The summed E-state index contributed by atoms with van der Waals surface area (Å²) in [6, 6.07) is 7.70. The number of carbonyl (C=O) groups is 7. The first-order valence-corrected chi connectivity index (χ1v) is 18.3. The average molecular weight is 697 g/mol. The molecule has 0 spiro atoms. The topological polar surface area (TPSA) is 171 Å². The number of rotatable bonds is 17. The molecule has 3 saturated carbocycles. The lowest BCUT2D eigenvalue weighted by atomic mass is 9.85. The van der Waals surface area contributed by atoms with Crippen LogP contribution in [0.5, 0.6) is 0 Å². The number of hydrogen-bond acceptors (Lipinski definition) is 10. The third kappa shape index (κ3) is 13.0. The minimum absolute atomic E-state index is 0.221. The molecule has 0 saturated heterocycles. The van der Waals surface area contributed by atoms with Crippen molar-refractivity contribution in [2.45, 2.75) is 121 Å². The Kier molecular flexibility index (Phi) is 15.4. The fourth-order valence-electron chi connectivity index (χ4n) is 7.10. The smallest absolute Gasteiger partial charge is 0.320 e. The van der Waals surface area contributed by atoms with Crippen LogP contribution >= 0.6 is 0 Å². The minimum Gasteiger partial charge on any atom is -0.463 e. The number of ketones is 3. The number of urea groups is 1. The van der Waals surface area contributed by atoms with Crippen molar-refractivity contribution < 1.29 is 47.8 Å². The normalized spacial score (nSPS) is 17.6. The van der Waals surface area contributed by atoms with Crippen LogP contribution in [0.25, 0.3) is 0 Å². The van der Waals surface area contributed by atoms with Crippen molar-refractivity contribution in [3.63, 3.8) is 0 Å². The summed E-state index contributed by atoms with van der Waals surface area (Å²) in [5, 5.41) is 5.31. The van der Waals surface area contributed by atoms with Gasteiger partial charge in [0.05, 0.1) is 0 Å². The zero-order valence-electron chi connectivity index (χ0n) is 29.1. The summed E-state index contributed by atoms with van der Waals surface area (Å²) in [5.41, 5.74) is -1.39. The fourth-order valence-corrected chi connectivity index (χ4v) is 7.10. The van der Waals surface area contributed by atoms with E-state index in [4.69, 9.17) is 14.2 Å². The van der Waals surface area contributed by atoms with E-state index in [1.54, 1.807) is 30.3 Å². The monoisotopic (exact) mass is 696 g/mol. The quantitative estimate of drug-likeness (QED) is 0.115. The molecule has 1 aromatic carbocycles. The second kappa shape index (κ2) is 19.9. The maximum absolute atomic E-state index is 13.3. The van der Waals surface area contributed by atoms with E-state index in [2.05, 4.69) is 10.6 Å². The standard InChI is InChI=1S/C38H52N2O10/c41-31(27-13-5-1-6-14-27)21-34(44)48-24-38(40-37(47)39-30-19-11-4-12-20-30,25-49-35(45)22-32(42)28-15-7-2-8-16-28)26-50-36(46)23-33(43)29-17-9-3-10-18-29/h4,11-12,19-20,27-29H,1-3,5-10,13-18,21-26H2,(H2,39,40,47). The van der Waals surface area contributed by atoms with Crippen molar-refractivity contribution in [3.05, 3.63) is 30.3 Å². The molecule has 0 aliphatic heterocycles. The average Bonchev–Trinajstić information content (AvgIpc) is 3.13. The van der Waals surface area contributed by atoms with Crippen molar-refractivity contribution in [1.82, 2.24) is 5.32 Å². The van der Waals surface area contributed by atoms with Gasteiger partial charge in [0.25, 0.3) is 0 Å². The summed E-state index contributed by atoms with van der Waals surface area (Å²) in [6.45, 7) is -1.88. The van der Waals surface area contributed by atoms with E-state index in [0.29, 0.717) is 44.2 Å². The highest BCUT2D eigenvalue weighted by molar-refractivity contribution is 5.98. The summed E-state index contributed by atoms with van der Waals surface area (Å²) in [7, 11) is 0. The molecule has 0 atom stereocenters. The van der Waals surface area contributed by atoms with E-state index >= 15 is 0 Å². The highest BCUT2D eigenvalue weighted by atomic mass is 16.6. The number of carbonyl (C=O) groups excluding carboxylic acids is 7. The molecule has 12 heteroatoms. The van der Waals surface area contributed by atoms with Crippen molar-refractivity contribution >= 4 is 47.0 Å². The molecular formula is C38H52N2O10. The van der Waals surface area contributed by atoms with Crippen LogP contribution in [0, 0.1) is 17.8 Å². The molecule has 0 aromatic heterocycles. The number of nitrogens with one attached hydrogen (secondary N) is 2. The van der Waals surface area contributed by atoms with Crippen LogP contribution < -0.4 is 10.6 Å². The Morgan fingerprint density at radius 2 is 0.860 bits per heavy atom. The number of amides is 2. The van der Waals surface area contributed by atoms with Gasteiger partial charge in [0.15, 0.2) is 0 Å². The third-order valence-electron chi connectivity index (χ3n) is 10.1. The predicted octanol–water partition coefficient (Wildman–Crippen LogP) is 5.80. The van der Waals surface area contributed by atoms with Gasteiger partial charge in [0.1, 0.15) is 62.0 Å². The molecule has 274 valence electrons. The van der Waals surface area contributed by atoms with Crippen molar-refractivity contribution in [1.29, 1.82) is 0 Å². The summed E-state index contributed by atoms with van der Waals surface area (Å²) in [5.74, 6) is -3.86. The minimum atomic E-state index is -1.82. The van der Waals surface area contributed by atoms with Gasteiger partial charge in [-0.15, -0.1) is 0 Å². The Morgan fingerprint density at radius 3 is 1.20 bits per heavy atom. The van der Waals surface area contributed by atoms with Gasteiger partial charge in [0.2, 0.25) is 0 Å². The lowest BCUT2D eigenvalue weighted by molar-refractivity contribution is -0.157. The maximum atomic E-state index is 13.3. The van der Waals surface area contributed by atoms with Crippen LogP contribution in [0.1, 0.15) is 116 Å². The number of hydrogen-bond donors (Lipinski definition) is 2. The number of ether oxygens (including phenoxy) is 3. The van der Waals surface area contributed by atoms with Gasteiger partial charge in [0, 0.05) is 23.4 Å². The molecule has 50 heavy (non-hydrogen) atoms. The molecular weight excluding hydrogens is 644 g/mol. The number of esters is 3. The van der Waals surface area contributed by atoms with Crippen molar-refractivity contribution in [3.8, 4) is 0 Å². The molecule has 3 fully saturated rings. The van der Waals surface area contributed by atoms with E-state index in [9.17, 15) is 33.6 Å². The molecule has 0 radical (unpaired) electrons. The maximum Gasteiger partial charge on any atom is 0.320 e. The molecule has 1 aromatic rings. The molecule has 3 aliphatic rings. The second-order valence-electron chi connectivity index (χ2n) is 14.1. The van der Waals surface area contributed by atoms with Crippen LogP contribution in [0.3, 0.4) is 0 Å². The molecule has 2 amide bonds. The lowest BCUT2D eigenvalue weighted by Gasteiger charge is -2.33. The summed E-state index contributed by atoms with van der Waals surface area (Å²) in [6.07, 6.45) is 11.5. The molecule has 3 aliphatic carbocycles. The first-order valence-electron chi connectivity index (χ1n) is 18.3. The van der Waals surface area contributed by atoms with Crippen molar-refractivity contribution in [2.24, 2.45) is 17.8 Å². The number of anilines is 1. The Morgan fingerprint density at radius 1 is 0.520 bits per heavy atom. The van der Waals surface area contributed by atoms with E-state index < -0.39 is 68.6 Å². The van der Waals surface area contributed by atoms with Crippen LogP contribution in [0.4, 0.5) is 10.5 Å². The zero-order chi connectivity index (χ0) is 35.8. The Balaban J connectivity index is 1.48. The Hall–Kier alpha value is -4.09. The second-order valence-corrected chi connectivity index (χ2v) is 14.1. The van der Waals surface area contributed by atoms with E-state index in [0.717, 1.165) is 57.8 Å². The molecule has 0 unspecified atom stereocenters. The highest BCUT2D eigenvalue weighted by Crippen LogP contribution is 2.28. The first-order chi connectivity index (χ1) is 24.1. The van der Waals surface area contributed by atoms with E-state index in [-0.39, 0.29) is 35.1 Å². The van der Waals surface area contributed by atoms with Gasteiger partial charge >= 0.3 is 23.9 Å². The number of para-hydroxylation sites is 1. The van der Waals surface area contributed by atoms with Gasteiger partial charge < -0.3 is 24.8 Å². The summed E-state index contributed by atoms with van der Waals surface area (Å²) < 4.78 is 16.6. The first kappa shape index (κ1) is 38.7. The molecule has 2 N–H and O–H groups in total.